The van der Waals surface area contributed by atoms with Crippen LogP contribution in [0.4, 0.5) is 5.69 Å². The molecule has 0 atom stereocenters. The minimum Gasteiger partial charge on any atom is -0.346 e. The number of rotatable bonds is 4. The largest absolute Gasteiger partial charge is 0.346 e. The van der Waals surface area contributed by atoms with Crippen LogP contribution in [0.5, 0.6) is 0 Å². The summed E-state index contributed by atoms with van der Waals surface area (Å²) in [7, 11) is 0. The second-order valence-electron chi connectivity index (χ2n) is 6.37. The second-order valence-corrected chi connectivity index (χ2v) is 7.19. The van der Waals surface area contributed by atoms with Crippen LogP contribution in [-0.2, 0) is 13.0 Å². The van der Waals surface area contributed by atoms with E-state index in [9.17, 15) is 0 Å². The molecule has 0 amide bonds. The molecule has 3 nitrogen and oxygen atoms in total. The summed E-state index contributed by atoms with van der Waals surface area (Å²) in [4.78, 5) is 4.71. The topological polar surface area (TPSA) is 18.5 Å². The molecule has 5 heteroatoms. The molecule has 1 fully saturated rings. The van der Waals surface area contributed by atoms with E-state index in [1.807, 2.05) is 12.1 Å². The van der Waals surface area contributed by atoms with Crippen LogP contribution in [0.2, 0.25) is 5.02 Å². The highest BCUT2D eigenvalue weighted by Gasteiger charge is 2.19. The Hall–Kier alpha value is -1.62. The van der Waals surface area contributed by atoms with Gasteiger partial charge < -0.3 is 10.2 Å². The number of thiocarbonyl (C=S) groups is 1. The van der Waals surface area contributed by atoms with Crippen molar-refractivity contribution in [1.29, 1.82) is 0 Å². The van der Waals surface area contributed by atoms with Gasteiger partial charge in [0.25, 0.3) is 0 Å². The monoisotopic (exact) mass is 373 g/mol. The molecule has 0 radical (unpaired) electrons. The third-order valence-corrected chi connectivity index (χ3v) is 5.20. The number of piperazine rings is 1. The van der Waals surface area contributed by atoms with Gasteiger partial charge >= 0.3 is 0 Å². The molecular weight excluding hydrogens is 350 g/mol. The SMILES string of the molecule is CCc1ccc(NC(=S)N2CCN(Cc3ccc(Cl)cc3)CC2)cc1. The van der Waals surface area contributed by atoms with Gasteiger partial charge in [-0.15, -0.1) is 0 Å². The minimum absolute atomic E-state index is 0.789. The van der Waals surface area contributed by atoms with Gasteiger partial charge in [0, 0.05) is 43.4 Å². The maximum absolute atomic E-state index is 5.95. The first kappa shape index (κ1) is 18.2. The number of halogens is 1. The van der Waals surface area contributed by atoms with Crippen LogP contribution in [0.1, 0.15) is 18.1 Å². The summed E-state index contributed by atoms with van der Waals surface area (Å²) in [6, 6.07) is 16.6. The normalized spacial score (nSPS) is 15.2. The zero-order chi connectivity index (χ0) is 17.6. The summed E-state index contributed by atoms with van der Waals surface area (Å²) < 4.78 is 0. The highest BCUT2D eigenvalue weighted by molar-refractivity contribution is 7.80. The summed E-state index contributed by atoms with van der Waals surface area (Å²) >= 11 is 11.5. The van der Waals surface area contributed by atoms with Gasteiger partial charge in [-0.2, -0.15) is 0 Å². The van der Waals surface area contributed by atoms with E-state index in [0.717, 1.165) is 55.0 Å². The van der Waals surface area contributed by atoms with Gasteiger partial charge in [0.15, 0.2) is 5.11 Å². The number of nitrogens with zero attached hydrogens (tertiary/aromatic N) is 2. The zero-order valence-electron chi connectivity index (χ0n) is 14.5. The molecule has 2 aromatic carbocycles. The lowest BCUT2D eigenvalue weighted by molar-refractivity contribution is 0.177. The van der Waals surface area contributed by atoms with E-state index in [4.69, 9.17) is 23.8 Å². The van der Waals surface area contributed by atoms with E-state index < -0.39 is 0 Å². The fourth-order valence-corrected chi connectivity index (χ4v) is 3.41. The van der Waals surface area contributed by atoms with Crippen molar-refractivity contribution in [1.82, 2.24) is 9.80 Å². The average Bonchev–Trinajstić information content (AvgIpc) is 2.65. The molecule has 25 heavy (non-hydrogen) atoms. The highest BCUT2D eigenvalue weighted by atomic mass is 35.5. The Morgan fingerprint density at radius 1 is 0.960 bits per heavy atom. The van der Waals surface area contributed by atoms with Crippen molar-refractivity contribution in [2.75, 3.05) is 31.5 Å². The number of hydrogen-bond acceptors (Lipinski definition) is 2. The Balaban J connectivity index is 1.47. The van der Waals surface area contributed by atoms with Gasteiger partial charge in [0.1, 0.15) is 0 Å². The molecule has 132 valence electrons. The van der Waals surface area contributed by atoms with E-state index in [1.54, 1.807) is 0 Å². The van der Waals surface area contributed by atoms with E-state index in [0.29, 0.717) is 0 Å². The van der Waals surface area contributed by atoms with Gasteiger partial charge in [-0.1, -0.05) is 42.8 Å². The lowest BCUT2D eigenvalue weighted by Crippen LogP contribution is -2.49. The number of hydrogen-bond donors (Lipinski definition) is 1. The molecule has 0 saturated carbocycles. The molecule has 3 rings (SSSR count). The van der Waals surface area contributed by atoms with Crippen molar-refractivity contribution in [3.63, 3.8) is 0 Å². The maximum Gasteiger partial charge on any atom is 0.173 e. The molecule has 0 aliphatic carbocycles. The van der Waals surface area contributed by atoms with E-state index in [1.165, 1.54) is 11.1 Å². The van der Waals surface area contributed by atoms with Crippen LogP contribution < -0.4 is 5.32 Å². The first-order valence-corrected chi connectivity index (χ1v) is 9.54. The molecule has 0 aromatic heterocycles. The third kappa shape index (κ3) is 5.18. The number of aryl methyl sites for hydroxylation is 1. The molecule has 2 aromatic rings. The van der Waals surface area contributed by atoms with Crippen molar-refractivity contribution in [2.24, 2.45) is 0 Å². The Bertz CT molecular complexity index is 692. The molecule has 1 N–H and O–H groups in total. The fourth-order valence-electron chi connectivity index (χ4n) is 2.98. The molecule has 1 heterocycles. The van der Waals surface area contributed by atoms with Crippen molar-refractivity contribution in [3.05, 3.63) is 64.7 Å². The fraction of sp³-hybridized carbons (Fsp3) is 0.350. The number of nitrogens with one attached hydrogen (secondary N) is 1. The summed E-state index contributed by atoms with van der Waals surface area (Å²) in [6.45, 7) is 7.05. The first-order chi connectivity index (χ1) is 12.1. The smallest absolute Gasteiger partial charge is 0.173 e. The van der Waals surface area contributed by atoms with Crippen molar-refractivity contribution < 1.29 is 0 Å². The Labute approximate surface area is 160 Å². The van der Waals surface area contributed by atoms with Gasteiger partial charge in [-0.25, -0.2) is 0 Å². The van der Waals surface area contributed by atoms with Gasteiger partial charge in [-0.05, 0) is 54.0 Å². The standard InChI is InChI=1S/C20H24ClN3S/c1-2-16-5-9-19(10-6-16)22-20(25)24-13-11-23(12-14-24)15-17-3-7-18(21)8-4-17/h3-10H,2,11-15H2,1H3,(H,22,25). The molecule has 1 aliphatic heterocycles. The summed E-state index contributed by atoms with van der Waals surface area (Å²) in [5, 5.41) is 4.96. The molecule has 1 aliphatic rings. The van der Waals surface area contributed by atoms with Crippen molar-refractivity contribution >= 4 is 34.6 Å². The van der Waals surface area contributed by atoms with Gasteiger partial charge in [0.05, 0.1) is 0 Å². The molecule has 1 saturated heterocycles. The van der Waals surface area contributed by atoms with E-state index in [-0.39, 0.29) is 0 Å². The van der Waals surface area contributed by atoms with Crippen molar-refractivity contribution in [2.45, 2.75) is 19.9 Å². The minimum atomic E-state index is 0.789. The predicted molar refractivity (Wildman–Crippen MR) is 110 cm³/mol. The zero-order valence-corrected chi connectivity index (χ0v) is 16.1. The molecular formula is C20H24ClN3S. The summed E-state index contributed by atoms with van der Waals surface area (Å²) in [5.41, 5.74) is 3.70. The lowest BCUT2D eigenvalue weighted by Gasteiger charge is -2.36. The highest BCUT2D eigenvalue weighted by Crippen LogP contribution is 2.14. The van der Waals surface area contributed by atoms with Crippen molar-refractivity contribution in [3.8, 4) is 0 Å². The maximum atomic E-state index is 5.95. The van der Waals surface area contributed by atoms with Gasteiger partial charge in [0.2, 0.25) is 0 Å². The van der Waals surface area contributed by atoms with E-state index >= 15 is 0 Å². The first-order valence-electron chi connectivity index (χ1n) is 8.75. The summed E-state index contributed by atoms with van der Waals surface area (Å²) in [5.74, 6) is 0. The van der Waals surface area contributed by atoms with Gasteiger partial charge in [-0.3, -0.25) is 4.90 Å². The number of benzene rings is 2. The number of anilines is 1. The summed E-state index contributed by atoms with van der Waals surface area (Å²) in [6.07, 6.45) is 1.06. The Kier molecular flexibility index (Phi) is 6.29. The third-order valence-electron chi connectivity index (χ3n) is 4.59. The molecule has 0 unspecified atom stereocenters. The molecule has 0 spiro atoms. The Morgan fingerprint density at radius 2 is 1.56 bits per heavy atom. The van der Waals surface area contributed by atoms with Crippen LogP contribution in [0.3, 0.4) is 0 Å². The van der Waals surface area contributed by atoms with E-state index in [2.05, 4.69) is 58.4 Å². The van der Waals surface area contributed by atoms with Crippen LogP contribution >= 0.6 is 23.8 Å². The van der Waals surface area contributed by atoms with Crippen LogP contribution in [-0.4, -0.2) is 41.1 Å². The van der Waals surface area contributed by atoms with Crippen LogP contribution in [0, 0.1) is 0 Å². The quantitative estimate of drug-likeness (QED) is 0.799. The van der Waals surface area contributed by atoms with Crippen LogP contribution in [0.25, 0.3) is 0 Å². The Morgan fingerprint density at radius 3 is 2.16 bits per heavy atom. The predicted octanol–water partition coefficient (Wildman–Crippen LogP) is 4.42. The van der Waals surface area contributed by atoms with Crippen LogP contribution in [0.15, 0.2) is 48.5 Å². The lowest BCUT2D eigenvalue weighted by atomic mass is 10.1. The molecule has 0 bridgehead atoms. The second kappa shape index (κ2) is 8.65. The average molecular weight is 374 g/mol.